The van der Waals surface area contributed by atoms with Gasteiger partial charge in [-0.25, -0.2) is 0 Å². The fourth-order valence-electron chi connectivity index (χ4n) is 5.21. The van der Waals surface area contributed by atoms with Crippen LogP contribution in [-0.4, -0.2) is 47.7 Å². The molecule has 0 saturated carbocycles. The zero-order valence-electron chi connectivity index (χ0n) is 13.4. The molecule has 1 amide bonds. The van der Waals surface area contributed by atoms with Crippen molar-refractivity contribution >= 4 is 11.9 Å². The van der Waals surface area contributed by atoms with Gasteiger partial charge in [-0.3, -0.25) is 9.59 Å². The standard InChI is InChI=1S/C17H25NO4/c1-9-15-16(22-17(9)20)14(10(2)21-15)11-5-3-4-8-18-12(11)6-7-13(18)19/h9-12,14-16H,3-8H2,1-2H3. The smallest absolute Gasteiger partial charge is 0.311 e. The maximum Gasteiger partial charge on any atom is 0.311 e. The van der Waals surface area contributed by atoms with Gasteiger partial charge in [0.05, 0.1) is 12.0 Å². The molecule has 4 fully saturated rings. The minimum Gasteiger partial charge on any atom is -0.459 e. The summed E-state index contributed by atoms with van der Waals surface area (Å²) in [5.41, 5.74) is 0. The van der Waals surface area contributed by atoms with Gasteiger partial charge >= 0.3 is 5.97 Å². The van der Waals surface area contributed by atoms with Crippen LogP contribution in [0.25, 0.3) is 0 Å². The quantitative estimate of drug-likeness (QED) is 0.693. The topological polar surface area (TPSA) is 55.8 Å². The Kier molecular flexibility index (Phi) is 3.44. The first-order chi connectivity index (χ1) is 10.6. The molecule has 22 heavy (non-hydrogen) atoms. The lowest BCUT2D eigenvalue weighted by atomic mass is 9.76. The molecule has 0 aromatic carbocycles. The monoisotopic (exact) mass is 307 g/mol. The molecule has 0 N–H and O–H groups in total. The summed E-state index contributed by atoms with van der Waals surface area (Å²) in [4.78, 5) is 26.1. The molecule has 0 radical (unpaired) electrons. The predicted octanol–water partition coefficient (Wildman–Crippen LogP) is 1.74. The number of nitrogens with zero attached hydrogens (tertiary/aromatic N) is 1. The second kappa shape index (κ2) is 5.22. The third-order valence-corrected chi connectivity index (χ3v) is 6.28. The minimum absolute atomic E-state index is 0.0960. The molecule has 4 rings (SSSR count). The normalized spacial score (nSPS) is 48.1. The Balaban J connectivity index is 1.62. The van der Waals surface area contributed by atoms with Crippen LogP contribution < -0.4 is 0 Å². The van der Waals surface area contributed by atoms with Gasteiger partial charge in [0.25, 0.3) is 0 Å². The van der Waals surface area contributed by atoms with Crippen LogP contribution in [0.4, 0.5) is 0 Å². The number of fused-ring (bicyclic) bond motifs is 2. The molecule has 7 unspecified atom stereocenters. The van der Waals surface area contributed by atoms with Crippen LogP contribution in [-0.2, 0) is 19.1 Å². The fraction of sp³-hybridized carbons (Fsp3) is 0.882. The molecule has 4 aliphatic heterocycles. The van der Waals surface area contributed by atoms with Crippen molar-refractivity contribution in [3.63, 3.8) is 0 Å². The van der Waals surface area contributed by atoms with Crippen LogP contribution in [0.15, 0.2) is 0 Å². The van der Waals surface area contributed by atoms with Crippen molar-refractivity contribution in [3.05, 3.63) is 0 Å². The van der Waals surface area contributed by atoms with Crippen molar-refractivity contribution in [1.82, 2.24) is 4.90 Å². The Morgan fingerprint density at radius 1 is 1.09 bits per heavy atom. The van der Waals surface area contributed by atoms with Gasteiger partial charge < -0.3 is 14.4 Å². The number of esters is 1. The molecule has 5 nitrogen and oxygen atoms in total. The molecular formula is C17H25NO4. The van der Waals surface area contributed by atoms with Crippen LogP contribution in [0.1, 0.15) is 46.0 Å². The maximum atomic E-state index is 12.1. The molecule has 4 aliphatic rings. The van der Waals surface area contributed by atoms with E-state index in [9.17, 15) is 9.59 Å². The molecular weight excluding hydrogens is 282 g/mol. The van der Waals surface area contributed by atoms with Gasteiger partial charge in [-0.15, -0.1) is 0 Å². The van der Waals surface area contributed by atoms with Gasteiger partial charge in [-0.05, 0) is 39.0 Å². The van der Waals surface area contributed by atoms with E-state index in [-0.39, 0.29) is 36.1 Å². The summed E-state index contributed by atoms with van der Waals surface area (Å²) in [6, 6.07) is 0.319. The van der Waals surface area contributed by atoms with Crippen molar-refractivity contribution in [3.8, 4) is 0 Å². The summed E-state index contributed by atoms with van der Waals surface area (Å²) < 4.78 is 11.8. The summed E-state index contributed by atoms with van der Waals surface area (Å²) in [6.07, 6.45) is 4.87. The van der Waals surface area contributed by atoms with Crippen LogP contribution >= 0.6 is 0 Å². The Hall–Kier alpha value is -1.10. The van der Waals surface area contributed by atoms with E-state index in [1.165, 1.54) is 0 Å². The zero-order chi connectivity index (χ0) is 15.4. The average molecular weight is 307 g/mol. The van der Waals surface area contributed by atoms with Crippen LogP contribution in [0.2, 0.25) is 0 Å². The van der Waals surface area contributed by atoms with E-state index in [4.69, 9.17) is 9.47 Å². The number of rotatable bonds is 1. The Labute approximate surface area is 131 Å². The first-order valence-corrected chi connectivity index (χ1v) is 8.73. The number of carbonyl (C=O) groups is 2. The van der Waals surface area contributed by atoms with E-state index in [1.54, 1.807) is 0 Å². The van der Waals surface area contributed by atoms with E-state index in [2.05, 4.69) is 11.8 Å². The number of carbonyl (C=O) groups excluding carboxylic acids is 2. The van der Waals surface area contributed by atoms with Gasteiger partial charge in [0.2, 0.25) is 5.91 Å². The minimum atomic E-state index is -0.162. The molecule has 4 saturated heterocycles. The number of hydrogen-bond donors (Lipinski definition) is 0. The van der Waals surface area contributed by atoms with Gasteiger partial charge in [-0.2, -0.15) is 0 Å². The average Bonchev–Trinajstić information content (AvgIpc) is 3.02. The van der Waals surface area contributed by atoms with E-state index >= 15 is 0 Å². The second-order valence-corrected chi connectivity index (χ2v) is 7.43. The first-order valence-electron chi connectivity index (χ1n) is 8.73. The molecule has 7 atom stereocenters. The third kappa shape index (κ3) is 2.01. The van der Waals surface area contributed by atoms with Crippen molar-refractivity contribution < 1.29 is 19.1 Å². The van der Waals surface area contributed by atoms with E-state index < -0.39 is 0 Å². The fourth-order valence-corrected chi connectivity index (χ4v) is 5.21. The molecule has 4 heterocycles. The summed E-state index contributed by atoms with van der Waals surface area (Å²) in [5, 5.41) is 0. The maximum absolute atomic E-state index is 12.1. The highest BCUT2D eigenvalue weighted by atomic mass is 16.6. The molecule has 0 spiro atoms. The lowest BCUT2D eigenvalue weighted by Gasteiger charge is -2.35. The third-order valence-electron chi connectivity index (χ3n) is 6.28. The summed E-state index contributed by atoms with van der Waals surface area (Å²) in [6.45, 7) is 4.91. The van der Waals surface area contributed by atoms with Gasteiger partial charge in [0.15, 0.2) is 0 Å². The van der Waals surface area contributed by atoms with Crippen molar-refractivity contribution in [1.29, 1.82) is 0 Å². The highest BCUT2D eigenvalue weighted by Crippen LogP contribution is 2.47. The molecule has 0 bridgehead atoms. The number of hydrogen-bond acceptors (Lipinski definition) is 4. The second-order valence-electron chi connectivity index (χ2n) is 7.43. The molecule has 0 aromatic heterocycles. The van der Waals surface area contributed by atoms with Crippen LogP contribution in [0, 0.1) is 17.8 Å². The van der Waals surface area contributed by atoms with E-state index in [1.807, 2.05) is 6.92 Å². The largest absolute Gasteiger partial charge is 0.459 e. The molecule has 122 valence electrons. The highest BCUT2D eigenvalue weighted by Gasteiger charge is 2.58. The molecule has 5 heteroatoms. The summed E-state index contributed by atoms with van der Waals surface area (Å²) in [5.74, 6) is 0.647. The van der Waals surface area contributed by atoms with Crippen LogP contribution in [0.5, 0.6) is 0 Å². The summed E-state index contributed by atoms with van der Waals surface area (Å²) >= 11 is 0. The molecule has 0 aliphatic carbocycles. The Morgan fingerprint density at radius 2 is 1.91 bits per heavy atom. The predicted molar refractivity (Wildman–Crippen MR) is 78.9 cm³/mol. The van der Waals surface area contributed by atoms with Crippen LogP contribution in [0.3, 0.4) is 0 Å². The Bertz CT molecular complexity index is 493. The van der Waals surface area contributed by atoms with E-state index in [0.29, 0.717) is 24.3 Å². The van der Waals surface area contributed by atoms with E-state index in [0.717, 1.165) is 32.2 Å². The number of amides is 1. The zero-order valence-corrected chi connectivity index (χ0v) is 13.4. The lowest BCUT2D eigenvalue weighted by molar-refractivity contribution is -0.147. The SMILES string of the molecule is CC1OC2C(C)C(=O)OC2C1C1CCCCN2C(=O)CCC12. The van der Waals surface area contributed by atoms with Gasteiger partial charge in [-0.1, -0.05) is 6.42 Å². The molecule has 0 aromatic rings. The summed E-state index contributed by atoms with van der Waals surface area (Å²) in [7, 11) is 0. The van der Waals surface area contributed by atoms with Gasteiger partial charge in [0.1, 0.15) is 12.2 Å². The lowest BCUT2D eigenvalue weighted by Crippen LogP contribution is -2.44. The number of ether oxygens (including phenoxy) is 2. The van der Waals surface area contributed by atoms with Crippen molar-refractivity contribution in [2.75, 3.05) is 6.54 Å². The first kappa shape index (κ1) is 14.5. The van der Waals surface area contributed by atoms with Crippen molar-refractivity contribution in [2.24, 2.45) is 17.8 Å². The van der Waals surface area contributed by atoms with Gasteiger partial charge in [0, 0.05) is 24.9 Å². The van der Waals surface area contributed by atoms with Crippen molar-refractivity contribution in [2.45, 2.75) is 70.3 Å². The Morgan fingerprint density at radius 3 is 2.73 bits per heavy atom. The highest BCUT2D eigenvalue weighted by molar-refractivity contribution is 5.79.